The van der Waals surface area contributed by atoms with Gasteiger partial charge in [0, 0.05) is 23.8 Å². The number of nitrogens with zero attached hydrogens (tertiary/aromatic N) is 1. The van der Waals surface area contributed by atoms with E-state index in [0.717, 1.165) is 10.9 Å². The zero-order valence-electron chi connectivity index (χ0n) is 19.2. The lowest BCUT2D eigenvalue weighted by atomic mass is 10.1. The number of carboxylic acid groups (broad SMARTS) is 1. The van der Waals surface area contributed by atoms with Crippen LogP contribution in [0.4, 0.5) is 16.2 Å². The van der Waals surface area contributed by atoms with Crippen molar-refractivity contribution >= 4 is 40.2 Å². The molecule has 3 amide bonds. The molecular formula is C25H29N5O5. The molecule has 0 aliphatic rings. The maximum absolute atomic E-state index is 12.8. The van der Waals surface area contributed by atoms with Crippen LogP contribution in [0.25, 0.3) is 10.9 Å². The fraction of sp³-hybridized carbons (Fsp3) is 0.280. The molecule has 10 heteroatoms. The average Bonchev–Trinajstić information content (AvgIpc) is 2.84. The molecule has 3 rings (SSSR count). The number of unbranched alkanes of at least 4 members (excludes halogenated alkanes) is 1. The van der Waals surface area contributed by atoms with Gasteiger partial charge in [-0.05, 0) is 49.1 Å². The Bertz CT molecular complexity index is 1150. The maximum atomic E-state index is 12.8. The highest BCUT2D eigenvalue weighted by molar-refractivity contribution is 6.02. The zero-order valence-corrected chi connectivity index (χ0v) is 19.2. The van der Waals surface area contributed by atoms with Gasteiger partial charge in [-0.1, -0.05) is 30.3 Å². The Kier molecular flexibility index (Phi) is 9.38. The number of carbonyl (C=O) groups excluding carboxylic acids is 2. The van der Waals surface area contributed by atoms with Crippen molar-refractivity contribution < 1.29 is 24.2 Å². The Hall–Kier alpha value is -4.18. The number of nitrogens with one attached hydrogen (secondary N) is 3. The lowest BCUT2D eigenvalue weighted by Gasteiger charge is -2.17. The first kappa shape index (κ1) is 25.4. The van der Waals surface area contributed by atoms with Crippen molar-refractivity contribution in [2.24, 2.45) is 0 Å². The van der Waals surface area contributed by atoms with Gasteiger partial charge in [-0.15, -0.1) is 0 Å². The van der Waals surface area contributed by atoms with Crippen LogP contribution in [-0.2, 0) is 20.9 Å². The van der Waals surface area contributed by atoms with Crippen LogP contribution in [-0.4, -0.2) is 47.2 Å². The largest absolute Gasteiger partial charge is 0.465 e. The molecule has 35 heavy (non-hydrogen) atoms. The standard InChI is InChI=1S/C25H29N5O5/c26-19-11-9-17(10-12-19)15-35-16-22(31)27-13-2-1-7-21(30-25(33)34)24(32)29-20-8-3-5-18-6-4-14-28-23(18)20/h3-6,8-12,14,21,30H,1-2,7,13,15-16,26H2,(H,27,31)(H,29,32)(H,33,34). The lowest BCUT2D eigenvalue weighted by Crippen LogP contribution is -2.43. The molecule has 0 bridgehead atoms. The first-order chi connectivity index (χ1) is 16.9. The number of hydrogen-bond donors (Lipinski definition) is 5. The number of ether oxygens (including phenoxy) is 1. The number of fused-ring (bicyclic) bond motifs is 1. The summed E-state index contributed by atoms with van der Waals surface area (Å²) in [6.07, 6.45) is 1.72. The van der Waals surface area contributed by atoms with Crippen LogP contribution in [0.1, 0.15) is 24.8 Å². The summed E-state index contributed by atoms with van der Waals surface area (Å²) in [5, 5.41) is 17.8. The molecule has 6 N–H and O–H groups in total. The van der Waals surface area contributed by atoms with Crippen molar-refractivity contribution in [3.63, 3.8) is 0 Å². The summed E-state index contributed by atoms with van der Waals surface area (Å²) in [5.74, 6) is -0.715. The Morgan fingerprint density at radius 3 is 2.57 bits per heavy atom. The van der Waals surface area contributed by atoms with Crippen LogP contribution in [0.5, 0.6) is 0 Å². The van der Waals surface area contributed by atoms with Gasteiger partial charge in [0.25, 0.3) is 0 Å². The minimum Gasteiger partial charge on any atom is -0.465 e. The van der Waals surface area contributed by atoms with Crippen molar-refractivity contribution in [2.75, 3.05) is 24.2 Å². The van der Waals surface area contributed by atoms with Crippen molar-refractivity contribution in [3.05, 3.63) is 66.4 Å². The molecule has 0 fully saturated rings. The van der Waals surface area contributed by atoms with Crippen LogP contribution in [0.3, 0.4) is 0 Å². The molecule has 0 aliphatic carbocycles. The minimum absolute atomic E-state index is 0.0744. The molecule has 0 aliphatic heterocycles. The first-order valence-electron chi connectivity index (χ1n) is 11.3. The van der Waals surface area contributed by atoms with Crippen LogP contribution >= 0.6 is 0 Å². The first-order valence-corrected chi connectivity index (χ1v) is 11.3. The SMILES string of the molecule is Nc1ccc(COCC(=O)NCCCCC(NC(=O)O)C(=O)Nc2cccc3cccnc23)cc1. The molecule has 1 atom stereocenters. The molecule has 184 valence electrons. The molecular weight excluding hydrogens is 450 g/mol. The number of aromatic nitrogens is 1. The Balaban J connectivity index is 1.40. The van der Waals surface area contributed by atoms with Crippen LogP contribution < -0.4 is 21.7 Å². The number of rotatable bonds is 12. The number of pyridine rings is 1. The number of benzene rings is 2. The molecule has 0 saturated carbocycles. The van der Waals surface area contributed by atoms with E-state index in [2.05, 4.69) is 20.9 Å². The summed E-state index contributed by atoms with van der Waals surface area (Å²) in [5.41, 5.74) is 8.35. The molecule has 0 saturated heterocycles. The number of amides is 3. The Morgan fingerprint density at radius 1 is 1.03 bits per heavy atom. The molecule has 10 nitrogen and oxygen atoms in total. The average molecular weight is 480 g/mol. The highest BCUT2D eigenvalue weighted by Gasteiger charge is 2.21. The zero-order chi connectivity index (χ0) is 25.0. The van der Waals surface area contributed by atoms with Gasteiger partial charge in [0.05, 0.1) is 17.8 Å². The van der Waals surface area contributed by atoms with E-state index in [4.69, 9.17) is 15.6 Å². The molecule has 0 radical (unpaired) electrons. The van der Waals surface area contributed by atoms with Gasteiger partial charge < -0.3 is 31.5 Å². The number of para-hydroxylation sites is 1. The third-order valence-electron chi connectivity index (χ3n) is 5.23. The summed E-state index contributed by atoms with van der Waals surface area (Å²) < 4.78 is 5.39. The summed E-state index contributed by atoms with van der Waals surface area (Å²) in [4.78, 5) is 40.2. The Morgan fingerprint density at radius 2 is 1.80 bits per heavy atom. The number of nitrogens with two attached hydrogens (primary N) is 1. The van der Waals surface area contributed by atoms with Gasteiger partial charge in [0.1, 0.15) is 12.6 Å². The van der Waals surface area contributed by atoms with Crippen molar-refractivity contribution in [2.45, 2.75) is 31.9 Å². The van der Waals surface area contributed by atoms with E-state index in [1.807, 2.05) is 24.3 Å². The van der Waals surface area contributed by atoms with E-state index in [1.54, 1.807) is 36.5 Å². The smallest absolute Gasteiger partial charge is 0.405 e. The normalized spacial score (nSPS) is 11.5. The summed E-state index contributed by atoms with van der Waals surface area (Å²) in [6.45, 7) is 0.616. The third-order valence-corrected chi connectivity index (χ3v) is 5.23. The van der Waals surface area contributed by atoms with Gasteiger partial charge >= 0.3 is 6.09 Å². The second-order valence-corrected chi connectivity index (χ2v) is 7.95. The molecule has 1 aromatic heterocycles. The van der Waals surface area contributed by atoms with Crippen LogP contribution in [0, 0.1) is 0 Å². The quantitative estimate of drug-likeness (QED) is 0.197. The second kappa shape index (κ2) is 12.9. The molecule has 0 spiro atoms. The fourth-order valence-corrected chi connectivity index (χ4v) is 3.47. The Labute approximate surface area is 202 Å². The van der Waals surface area contributed by atoms with Crippen molar-refractivity contribution in [1.29, 1.82) is 0 Å². The lowest BCUT2D eigenvalue weighted by molar-refractivity contribution is -0.126. The van der Waals surface area contributed by atoms with Crippen LogP contribution in [0.15, 0.2) is 60.8 Å². The van der Waals surface area contributed by atoms with Gasteiger partial charge in [-0.2, -0.15) is 0 Å². The number of carbonyl (C=O) groups is 3. The summed E-state index contributed by atoms with van der Waals surface area (Å²) in [7, 11) is 0. The topological polar surface area (TPSA) is 156 Å². The molecule has 1 heterocycles. The van der Waals surface area contributed by atoms with Crippen molar-refractivity contribution in [1.82, 2.24) is 15.6 Å². The monoisotopic (exact) mass is 479 g/mol. The summed E-state index contributed by atoms with van der Waals surface area (Å²) >= 11 is 0. The highest BCUT2D eigenvalue weighted by atomic mass is 16.5. The summed E-state index contributed by atoms with van der Waals surface area (Å²) in [6, 6.07) is 15.3. The van der Waals surface area contributed by atoms with Crippen LogP contribution in [0.2, 0.25) is 0 Å². The third kappa shape index (κ3) is 8.27. The van der Waals surface area contributed by atoms with Gasteiger partial charge in [-0.3, -0.25) is 14.6 Å². The number of hydrogen-bond acceptors (Lipinski definition) is 6. The van der Waals surface area contributed by atoms with E-state index < -0.39 is 18.0 Å². The molecule has 2 aromatic carbocycles. The molecule has 3 aromatic rings. The fourth-order valence-electron chi connectivity index (χ4n) is 3.47. The maximum Gasteiger partial charge on any atom is 0.405 e. The van der Waals surface area contributed by atoms with E-state index >= 15 is 0 Å². The van der Waals surface area contributed by atoms with Gasteiger partial charge in [0.15, 0.2) is 0 Å². The van der Waals surface area contributed by atoms with Gasteiger partial charge in [0.2, 0.25) is 11.8 Å². The predicted octanol–water partition coefficient (Wildman–Crippen LogP) is 2.90. The van der Waals surface area contributed by atoms with Crippen molar-refractivity contribution in [3.8, 4) is 0 Å². The van der Waals surface area contributed by atoms with E-state index in [9.17, 15) is 14.4 Å². The highest BCUT2D eigenvalue weighted by Crippen LogP contribution is 2.21. The van der Waals surface area contributed by atoms with E-state index in [1.165, 1.54) is 0 Å². The van der Waals surface area contributed by atoms with Gasteiger partial charge in [-0.25, -0.2) is 4.79 Å². The number of anilines is 2. The number of nitrogen functional groups attached to an aromatic ring is 1. The van der Waals surface area contributed by atoms with E-state index in [-0.39, 0.29) is 18.9 Å². The van der Waals surface area contributed by atoms with E-state index in [0.29, 0.717) is 42.9 Å². The molecule has 1 unspecified atom stereocenters. The minimum atomic E-state index is -1.28. The second-order valence-electron chi connectivity index (χ2n) is 7.95. The predicted molar refractivity (Wildman–Crippen MR) is 133 cm³/mol.